The van der Waals surface area contributed by atoms with E-state index in [1.54, 1.807) is 48.6 Å². The molecular weight excluding hydrogens is 517 g/mol. The van der Waals surface area contributed by atoms with Crippen LogP contribution in [0.15, 0.2) is 94.9 Å². The Morgan fingerprint density at radius 1 is 0.865 bits per heavy atom. The maximum Gasteiger partial charge on any atom is 0.266 e. The summed E-state index contributed by atoms with van der Waals surface area (Å²) in [5, 5.41) is 0.949. The number of fused-ring (bicyclic) bond motifs is 1. The van der Waals surface area contributed by atoms with Crippen molar-refractivity contribution in [3.63, 3.8) is 0 Å². The number of rotatable bonds is 6. The molecule has 0 bridgehead atoms. The second kappa shape index (κ2) is 10.7. The van der Waals surface area contributed by atoms with Gasteiger partial charge in [0.1, 0.15) is 17.5 Å². The highest BCUT2D eigenvalue weighted by atomic mass is 35.5. The summed E-state index contributed by atoms with van der Waals surface area (Å²) in [6.45, 7) is 0. The highest BCUT2D eigenvalue weighted by Crippen LogP contribution is 2.27. The molecule has 5 aromatic rings. The van der Waals surface area contributed by atoms with Crippen LogP contribution in [-0.4, -0.2) is 9.55 Å². The average molecular weight is 535 g/mol. The molecule has 1 aromatic heterocycles. The first kappa shape index (κ1) is 24.9. The maximum atomic E-state index is 14.7. The minimum atomic E-state index is -0.855. The van der Waals surface area contributed by atoms with Crippen LogP contribution >= 0.6 is 23.4 Å². The molecule has 0 aliphatic rings. The molecule has 0 unspecified atom stereocenters. The summed E-state index contributed by atoms with van der Waals surface area (Å²) in [5.41, 5.74) is 2.07. The predicted molar refractivity (Wildman–Crippen MR) is 144 cm³/mol. The quantitative estimate of drug-likeness (QED) is 0.126. The summed E-state index contributed by atoms with van der Waals surface area (Å²) < 4.78 is 43.4. The molecule has 0 atom stereocenters. The van der Waals surface area contributed by atoms with E-state index in [2.05, 4.69) is 4.98 Å². The molecule has 37 heavy (non-hydrogen) atoms. The molecule has 0 radical (unpaired) electrons. The third kappa shape index (κ3) is 5.33. The first-order valence-electron chi connectivity index (χ1n) is 11.2. The van der Waals surface area contributed by atoms with Gasteiger partial charge in [0.15, 0.2) is 5.16 Å². The normalized spacial score (nSPS) is 11.5. The fourth-order valence-electron chi connectivity index (χ4n) is 3.81. The largest absolute Gasteiger partial charge is 0.268 e. The summed E-state index contributed by atoms with van der Waals surface area (Å²) in [7, 11) is 0. The van der Waals surface area contributed by atoms with Crippen molar-refractivity contribution in [2.45, 2.75) is 10.9 Å². The van der Waals surface area contributed by atoms with E-state index in [9.17, 15) is 18.0 Å². The number of nitrogens with zero attached hydrogens (tertiary/aromatic N) is 2. The molecule has 0 saturated carbocycles. The molecule has 0 fully saturated rings. The van der Waals surface area contributed by atoms with Crippen LogP contribution in [0.25, 0.3) is 28.7 Å². The highest BCUT2D eigenvalue weighted by Gasteiger charge is 2.17. The Morgan fingerprint density at radius 3 is 2.41 bits per heavy atom. The number of hydrogen-bond donors (Lipinski definition) is 0. The Hall–Kier alpha value is -3.81. The Morgan fingerprint density at radius 2 is 1.65 bits per heavy atom. The van der Waals surface area contributed by atoms with Crippen LogP contribution < -0.4 is 5.56 Å². The molecule has 1 heterocycles. The number of para-hydroxylation sites is 1. The van der Waals surface area contributed by atoms with Gasteiger partial charge >= 0.3 is 0 Å². The van der Waals surface area contributed by atoms with Gasteiger partial charge in [-0.25, -0.2) is 18.2 Å². The smallest absolute Gasteiger partial charge is 0.266 e. The van der Waals surface area contributed by atoms with Crippen molar-refractivity contribution < 1.29 is 13.2 Å². The van der Waals surface area contributed by atoms with Gasteiger partial charge in [-0.05, 0) is 53.6 Å². The van der Waals surface area contributed by atoms with Crippen LogP contribution in [-0.2, 0) is 5.75 Å². The van der Waals surface area contributed by atoms with E-state index in [1.807, 2.05) is 24.3 Å². The van der Waals surface area contributed by atoms with E-state index in [1.165, 1.54) is 28.5 Å². The van der Waals surface area contributed by atoms with E-state index in [-0.39, 0.29) is 10.8 Å². The van der Waals surface area contributed by atoms with Gasteiger partial charge in [-0.15, -0.1) is 0 Å². The molecule has 0 amide bonds. The summed E-state index contributed by atoms with van der Waals surface area (Å²) in [4.78, 5) is 17.9. The Balaban J connectivity index is 1.43. The second-order valence-electron chi connectivity index (χ2n) is 8.15. The van der Waals surface area contributed by atoms with Crippen molar-refractivity contribution in [3.05, 3.63) is 134 Å². The third-order valence-electron chi connectivity index (χ3n) is 5.69. The molecule has 0 N–H and O–H groups in total. The Labute approximate surface area is 219 Å². The fraction of sp³-hybridized carbons (Fsp3) is 0.0345. The zero-order chi connectivity index (χ0) is 25.9. The maximum absolute atomic E-state index is 14.7. The summed E-state index contributed by atoms with van der Waals surface area (Å²) >= 11 is 7.34. The van der Waals surface area contributed by atoms with Crippen LogP contribution in [0, 0.1) is 17.5 Å². The summed E-state index contributed by atoms with van der Waals surface area (Å²) in [5.74, 6) is -1.55. The zero-order valence-corrected chi connectivity index (χ0v) is 20.7. The van der Waals surface area contributed by atoms with Crippen LogP contribution in [0.4, 0.5) is 13.2 Å². The van der Waals surface area contributed by atoms with Crippen LogP contribution in [0.2, 0.25) is 5.02 Å². The molecule has 5 rings (SSSR count). The number of benzene rings is 4. The van der Waals surface area contributed by atoms with Crippen molar-refractivity contribution in [2.24, 2.45) is 0 Å². The van der Waals surface area contributed by atoms with Crippen LogP contribution in [0.5, 0.6) is 0 Å². The minimum absolute atomic E-state index is 0.0700. The molecule has 3 nitrogen and oxygen atoms in total. The van der Waals surface area contributed by atoms with Gasteiger partial charge in [0, 0.05) is 17.4 Å². The summed E-state index contributed by atoms with van der Waals surface area (Å²) in [6.07, 6.45) is 3.39. The van der Waals surface area contributed by atoms with Crippen molar-refractivity contribution in [1.29, 1.82) is 0 Å². The van der Waals surface area contributed by atoms with E-state index in [0.717, 1.165) is 23.3 Å². The molecule has 0 spiro atoms. The number of hydrogen-bond acceptors (Lipinski definition) is 3. The summed E-state index contributed by atoms with van der Waals surface area (Å²) in [6, 6.07) is 22.0. The second-order valence-corrected chi connectivity index (χ2v) is 9.50. The molecule has 0 aliphatic carbocycles. The molecule has 0 aliphatic heterocycles. The van der Waals surface area contributed by atoms with Crippen molar-refractivity contribution in [2.75, 3.05) is 0 Å². The lowest BCUT2D eigenvalue weighted by molar-refractivity contribution is 0.572. The van der Waals surface area contributed by atoms with E-state index in [4.69, 9.17) is 11.6 Å². The van der Waals surface area contributed by atoms with Gasteiger partial charge in [0.05, 0.1) is 21.6 Å². The van der Waals surface area contributed by atoms with E-state index < -0.39 is 23.0 Å². The Kier molecular flexibility index (Phi) is 7.17. The zero-order valence-electron chi connectivity index (χ0n) is 19.2. The van der Waals surface area contributed by atoms with Gasteiger partial charge in [0.2, 0.25) is 0 Å². The number of aromatic nitrogens is 2. The van der Waals surface area contributed by atoms with Crippen molar-refractivity contribution >= 4 is 46.4 Å². The monoisotopic (exact) mass is 534 g/mol. The average Bonchev–Trinajstić information content (AvgIpc) is 2.89. The van der Waals surface area contributed by atoms with Gasteiger partial charge < -0.3 is 0 Å². The number of halogens is 4. The van der Waals surface area contributed by atoms with Crippen LogP contribution in [0.1, 0.15) is 16.7 Å². The van der Waals surface area contributed by atoms with Crippen molar-refractivity contribution in [1.82, 2.24) is 9.55 Å². The third-order valence-corrected chi connectivity index (χ3v) is 7.02. The lowest BCUT2D eigenvalue weighted by Crippen LogP contribution is -2.22. The molecule has 8 heteroatoms. The first-order valence-corrected chi connectivity index (χ1v) is 12.6. The molecular formula is C29H18ClF3N2OS. The van der Waals surface area contributed by atoms with Crippen molar-refractivity contribution in [3.8, 4) is 5.69 Å². The van der Waals surface area contributed by atoms with Gasteiger partial charge in [-0.3, -0.25) is 9.36 Å². The first-order chi connectivity index (χ1) is 17.9. The van der Waals surface area contributed by atoms with Gasteiger partial charge in [-0.2, -0.15) is 0 Å². The fourth-order valence-corrected chi connectivity index (χ4v) is 4.99. The minimum Gasteiger partial charge on any atom is -0.268 e. The van der Waals surface area contributed by atoms with E-state index >= 15 is 0 Å². The molecule has 0 saturated heterocycles. The molecule has 4 aromatic carbocycles. The van der Waals surface area contributed by atoms with Crippen LogP contribution in [0.3, 0.4) is 0 Å². The van der Waals surface area contributed by atoms with Gasteiger partial charge in [-0.1, -0.05) is 71.9 Å². The van der Waals surface area contributed by atoms with E-state index in [0.29, 0.717) is 27.2 Å². The topological polar surface area (TPSA) is 34.9 Å². The number of thioether (sulfide) groups is 1. The Bertz CT molecular complexity index is 1680. The van der Waals surface area contributed by atoms with Gasteiger partial charge in [0.25, 0.3) is 5.56 Å². The molecule has 184 valence electrons. The highest BCUT2D eigenvalue weighted by molar-refractivity contribution is 7.98. The standard InChI is InChI=1S/C29H18ClF3N2OS/c30-23-5-3-6-24(32)21(23)14-12-18-8-10-19(11-9-18)17-37-29-34-26-7-2-1-4-22(26)28(36)35(29)27-15-13-20(31)16-25(27)33/h1-16H,17H2/b14-12+. The lowest BCUT2D eigenvalue weighted by Gasteiger charge is -2.14. The lowest BCUT2D eigenvalue weighted by atomic mass is 10.1. The SMILES string of the molecule is O=c1c2ccccc2nc(SCc2ccc(/C=C/c3c(F)cccc3Cl)cc2)n1-c1ccc(F)cc1F. The predicted octanol–water partition coefficient (Wildman–Crippen LogP) is 7.92.